The number of unbranched alkanes of at least 4 members (excludes halogenated alkanes) is 1. The number of benzene rings is 2. The molecular weight excluding hydrogens is 471 g/mol. The average molecular weight is 499 g/mol. The van der Waals surface area contributed by atoms with E-state index in [0.717, 1.165) is 45.6 Å². The number of nitrogens with one attached hydrogen (secondary N) is 2. The van der Waals surface area contributed by atoms with Crippen LogP contribution in [0.4, 0.5) is 5.69 Å². The Labute approximate surface area is 199 Å². The molecule has 0 unspecified atom stereocenters. The van der Waals surface area contributed by atoms with Gasteiger partial charge in [0.25, 0.3) is 15.9 Å². The van der Waals surface area contributed by atoms with Crippen LogP contribution in [0.1, 0.15) is 23.2 Å². The van der Waals surface area contributed by atoms with Crippen molar-refractivity contribution in [3.05, 3.63) is 58.1 Å². The molecule has 3 rings (SSSR count). The summed E-state index contributed by atoms with van der Waals surface area (Å²) in [5.74, 6) is -0.236. The zero-order valence-corrected chi connectivity index (χ0v) is 20.3. The van der Waals surface area contributed by atoms with Crippen LogP contribution in [0.3, 0.4) is 0 Å². The van der Waals surface area contributed by atoms with Gasteiger partial charge in [-0.05, 0) is 62.8 Å². The summed E-state index contributed by atoms with van der Waals surface area (Å²) < 4.78 is 27.7. The molecule has 10 heteroatoms. The lowest BCUT2D eigenvalue weighted by molar-refractivity contribution is 0.0952. The maximum atomic E-state index is 12.6. The lowest BCUT2D eigenvalue weighted by Gasteiger charge is -2.32. The Bertz CT molecular complexity index is 1040. The van der Waals surface area contributed by atoms with Gasteiger partial charge in [-0.2, -0.15) is 0 Å². The summed E-state index contributed by atoms with van der Waals surface area (Å²) in [6.07, 6.45) is 1.91. The van der Waals surface area contributed by atoms with E-state index in [2.05, 4.69) is 26.9 Å². The average Bonchev–Trinajstić information content (AvgIpc) is 2.76. The van der Waals surface area contributed by atoms with Gasteiger partial charge >= 0.3 is 0 Å². The van der Waals surface area contributed by atoms with Gasteiger partial charge in [-0.25, -0.2) is 8.42 Å². The number of likely N-dealkylation sites (N-methyl/N-ethyl adjacent to an activating group) is 1. The predicted molar refractivity (Wildman–Crippen MR) is 129 cm³/mol. The van der Waals surface area contributed by atoms with Crippen molar-refractivity contribution in [1.29, 1.82) is 0 Å². The van der Waals surface area contributed by atoms with Crippen molar-refractivity contribution in [1.82, 2.24) is 15.1 Å². The number of nitrogens with zero attached hydrogens (tertiary/aromatic N) is 2. The molecule has 0 spiro atoms. The highest BCUT2D eigenvalue weighted by molar-refractivity contribution is 7.92. The Balaban J connectivity index is 1.49. The predicted octanol–water partition coefficient (Wildman–Crippen LogP) is 3.55. The molecular formula is C22H28Cl2N4O3S. The van der Waals surface area contributed by atoms with Gasteiger partial charge in [0.15, 0.2) is 0 Å². The second-order valence-electron chi connectivity index (χ2n) is 7.87. The van der Waals surface area contributed by atoms with Crippen LogP contribution in [0.2, 0.25) is 10.0 Å². The Morgan fingerprint density at radius 2 is 1.75 bits per heavy atom. The molecule has 2 N–H and O–H groups in total. The van der Waals surface area contributed by atoms with Crippen LogP contribution < -0.4 is 10.0 Å². The van der Waals surface area contributed by atoms with Gasteiger partial charge in [-0.15, -0.1) is 0 Å². The van der Waals surface area contributed by atoms with Crippen molar-refractivity contribution in [2.45, 2.75) is 17.7 Å². The van der Waals surface area contributed by atoms with Crippen LogP contribution in [-0.2, 0) is 10.0 Å². The molecule has 0 radical (unpaired) electrons. The molecule has 1 heterocycles. The number of amides is 1. The van der Waals surface area contributed by atoms with E-state index < -0.39 is 10.0 Å². The smallest absolute Gasteiger partial charge is 0.261 e. The van der Waals surface area contributed by atoms with Crippen LogP contribution in [-0.4, -0.2) is 70.4 Å². The molecule has 7 nitrogen and oxygen atoms in total. The minimum atomic E-state index is -3.87. The van der Waals surface area contributed by atoms with Gasteiger partial charge in [-0.3, -0.25) is 9.52 Å². The summed E-state index contributed by atoms with van der Waals surface area (Å²) in [6, 6.07) is 10.5. The Morgan fingerprint density at radius 3 is 2.47 bits per heavy atom. The van der Waals surface area contributed by atoms with Crippen LogP contribution in [0, 0.1) is 0 Å². The molecule has 0 aliphatic carbocycles. The number of halogens is 2. The fourth-order valence-electron chi connectivity index (χ4n) is 3.42. The zero-order chi connectivity index (χ0) is 23.1. The van der Waals surface area contributed by atoms with Crippen LogP contribution in [0.5, 0.6) is 0 Å². The van der Waals surface area contributed by atoms with E-state index in [9.17, 15) is 13.2 Å². The molecule has 1 fully saturated rings. The van der Waals surface area contributed by atoms with Crippen LogP contribution in [0.15, 0.2) is 47.4 Å². The van der Waals surface area contributed by atoms with Crippen LogP contribution >= 0.6 is 23.2 Å². The number of rotatable bonds is 9. The number of carbonyl (C=O) groups is 1. The number of hydrogen-bond acceptors (Lipinski definition) is 5. The molecule has 174 valence electrons. The van der Waals surface area contributed by atoms with Crippen molar-refractivity contribution >= 4 is 44.8 Å². The highest BCUT2D eigenvalue weighted by Gasteiger charge is 2.17. The summed E-state index contributed by atoms with van der Waals surface area (Å²) >= 11 is 11.8. The van der Waals surface area contributed by atoms with Gasteiger partial charge in [0.05, 0.1) is 14.9 Å². The topological polar surface area (TPSA) is 81.8 Å². The third kappa shape index (κ3) is 7.08. The first-order valence-electron chi connectivity index (χ1n) is 10.5. The van der Waals surface area contributed by atoms with E-state index in [4.69, 9.17) is 23.2 Å². The van der Waals surface area contributed by atoms with Crippen molar-refractivity contribution in [2.75, 3.05) is 51.0 Å². The van der Waals surface area contributed by atoms with Crippen molar-refractivity contribution in [3.63, 3.8) is 0 Å². The zero-order valence-electron chi connectivity index (χ0n) is 18.0. The maximum absolute atomic E-state index is 12.6. The minimum Gasteiger partial charge on any atom is -0.352 e. The number of hydrogen-bond donors (Lipinski definition) is 2. The molecule has 1 aliphatic heterocycles. The first-order valence-corrected chi connectivity index (χ1v) is 12.8. The van der Waals surface area contributed by atoms with Crippen LogP contribution in [0.25, 0.3) is 0 Å². The number of anilines is 1. The van der Waals surface area contributed by atoms with Gasteiger partial charge in [0.2, 0.25) is 0 Å². The molecule has 2 aromatic carbocycles. The number of piperazine rings is 1. The molecule has 0 aromatic heterocycles. The summed E-state index contributed by atoms with van der Waals surface area (Å²) in [6.45, 7) is 5.99. The normalized spacial score (nSPS) is 15.5. The summed E-state index contributed by atoms with van der Waals surface area (Å²) in [5, 5.41) is 3.32. The third-order valence-corrected chi connectivity index (χ3v) is 7.48. The first kappa shape index (κ1) is 24.8. The Morgan fingerprint density at radius 1 is 1.00 bits per heavy atom. The highest BCUT2D eigenvalue weighted by atomic mass is 35.5. The van der Waals surface area contributed by atoms with Crippen molar-refractivity contribution < 1.29 is 13.2 Å². The lowest BCUT2D eigenvalue weighted by atomic mass is 10.2. The molecule has 1 saturated heterocycles. The first-order chi connectivity index (χ1) is 15.2. The second-order valence-corrected chi connectivity index (χ2v) is 10.4. The largest absolute Gasteiger partial charge is 0.352 e. The monoisotopic (exact) mass is 498 g/mol. The minimum absolute atomic E-state index is 0.0119. The molecule has 2 aromatic rings. The quantitative estimate of drug-likeness (QED) is 0.516. The summed E-state index contributed by atoms with van der Waals surface area (Å²) in [5.41, 5.74) is 0.678. The highest BCUT2D eigenvalue weighted by Crippen LogP contribution is 2.26. The van der Waals surface area contributed by atoms with E-state index in [-0.39, 0.29) is 20.8 Å². The van der Waals surface area contributed by atoms with Gasteiger partial charge in [0, 0.05) is 44.0 Å². The van der Waals surface area contributed by atoms with E-state index in [1.165, 1.54) is 24.3 Å². The Kier molecular flexibility index (Phi) is 8.79. The van der Waals surface area contributed by atoms with Crippen molar-refractivity contribution in [2.24, 2.45) is 0 Å². The van der Waals surface area contributed by atoms with Gasteiger partial charge in [0.1, 0.15) is 0 Å². The van der Waals surface area contributed by atoms with E-state index >= 15 is 0 Å². The molecule has 0 atom stereocenters. The fraction of sp³-hybridized carbons (Fsp3) is 0.409. The molecule has 1 amide bonds. The molecule has 0 bridgehead atoms. The lowest BCUT2D eigenvalue weighted by Crippen LogP contribution is -2.44. The van der Waals surface area contributed by atoms with Gasteiger partial charge in [-0.1, -0.05) is 29.3 Å². The van der Waals surface area contributed by atoms with E-state index in [0.29, 0.717) is 17.8 Å². The standard InChI is InChI=1S/C22H28Cl2N4O3S/c1-27-11-13-28(14-12-27)10-3-2-9-25-22(29)17-5-4-6-18(15-17)26-32(30,31)19-7-8-20(23)21(24)16-19/h4-8,15-16,26H,2-3,9-14H2,1H3,(H,25,29). The van der Waals surface area contributed by atoms with Gasteiger partial charge < -0.3 is 15.1 Å². The second kappa shape index (κ2) is 11.3. The summed E-state index contributed by atoms with van der Waals surface area (Å²) in [4.78, 5) is 17.2. The number of carbonyl (C=O) groups excluding carboxylic acids is 1. The molecule has 1 aliphatic rings. The molecule has 32 heavy (non-hydrogen) atoms. The van der Waals surface area contributed by atoms with E-state index in [1.807, 2.05) is 0 Å². The Hall–Kier alpha value is -1.84. The molecule has 0 saturated carbocycles. The number of sulfonamides is 1. The van der Waals surface area contributed by atoms with E-state index in [1.54, 1.807) is 18.2 Å². The fourth-order valence-corrected chi connectivity index (χ4v) is 4.86. The van der Waals surface area contributed by atoms with Crippen molar-refractivity contribution in [3.8, 4) is 0 Å². The third-order valence-electron chi connectivity index (χ3n) is 5.36. The summed E-state index contributed by atoms with van der Waals surface area (Å²) in [7, 11) is -1.73. The maximum Gasteiger partial charge on any atom is 0.261 e. The SMILES string of the molecule is CN1CCN(CCCCNC(=O)c2cccc(NS(=O)(=O)c3ccc(Cl)c(Cl)c3)c2)CC1.